The number of carbonyl (C=O) groups excluding carboxylic acids is 1. The molecule has 7 nitrogen and oxygen atoms in total. The van der Waals surface area contributed by atoms with E-state index in [-0.39, 0.29) is 5.91 Å². The van der Waals surface area contributed by atoms with Crippen molar-refractivity contribution < 1.29 is 4.79 Å². The van der Waals surface area contributed by atoms with Gasteiger partial charge in [-0.1, -0.05) is 0 Å². The topological polar surface area (TPSA) is 57.5 Å². The maximum Gasteiger partial charge on any atom is 0.253 e. The third kappa shape index (κ3) is 3.61. The first-order valence-electron chi connectivity index (χ1n) is 10.1. The van der Waals surface area contributed by atoms with Gasteiger partial charge in [0.15, 0.2) is 0 Å². The van der Waals surface area contributed by atoms with Gasteiger partial charge in [-0.2, -0.15) is 0 Å². The standard InChI is InChI=1S/C22H24N6O/c29-21(18-4-6-19(7-5-18)25-10-1-2-11-25)28-16-20(17-28)26-12-14-27(15-13-26)22-23-8-3-9-24-22/h1-11,20H,12-17H2. The SMILES string of the molecule is O=C(c1ccc(-n2cccc2)cc1)N1CC(N2CCN(c3ncccn3)CC2)C1. The van der Waals surface area contributed by atoms with Crippen molar-refractivity contribution in [2.45, 2.75) is 6.04 Å². The molecule has 2 fully saturated rings. The van der Waals surface area contributed by atoms with Crippen LogP contribution in [0.1, 0.15) is 10.4 Å². The number of aromatic nitrogens is 3. The van der Waals surface area contributed by atoms with Crippen LogP contribution in [0, 0.1) is 0 Å². The van der Waals surface area contributed by atoms with Gasteiger partial charge in [-0.15, -0.1) is 0 Å². The Morgan fingerprint density at radius 2 is 1.52 bits per heavy atom. The summed E-state index contributed by atoms with van der Waals surface area (Å²) in [5.74, 6) is 0.928. The van der Waals surface area contributed by atoms with E-state index in [0.29, 0.717) is 6.04 Å². The molecule has 3 aromatic rings. The summed E-state index contributed by atoms with van der Waals surface area (Å²) in [4.78, 5) is 28.1. The number of anilines is 1. The van der Waals surface area contributed by atoms with Gasteiger partial charge in [-0.25, -0.2) is 9.97 Å². The number of hydrogen-bond acceptors (Lipinski definition) is 5. The van der Waals surface area contributed by atoms with Crippen molar-refractivity contribution in [1.82, 2.24) is 24.3 Å². The Morgan fingerprint density at radius 3 is 2.17 bits per heavy atom. The fourth-order valence-electron chi connectivity index (χ4n) is 4.06. The summed E-state index contributed by atoms with van der Waals surface area (Å²) in [5.41, 5.74) is 1.82. The van der Waals surface area contributed by atoms with Crippen molar-refractivity contribution in [2.24, 2.45) is 0 Å². The minimum atomic E-state index is 0.122. The Balaban J connectivity index is 1.13. The van der Waals surface area contributed by atoms with Crippen LogP contribution in [0.15, 0.2) is 67.3 Å². The van der Waals surface area contributed by atoms with Gasteiger partial charge in [0.05, 0.1) is 0 Å². The Morgan fingerprint density at radius 1 is 0.862 bits per heavy atom. The summed E-state index contributed by atoms with van der Waals surface area (Å²) in [6.45, 7) is 5.43. The molecule has 29 heavy (non-hydrogen) atoms. The van der Waals surface area contributed by atoms with Crippen molar-refractivity contribution >= 4 is 11.9 Å². The zero-order valence-electron chi connectivity index (χ0n) is 16.3. The summed E-state index contributed by atoms with van der Waals surface area (Å²) in [7, 11) is 0. The highest BCUT2D eigenvalue weighted by Gasteiger charge is 2.36. The fraction of sp³-hybridized carbons (Fsp3) is 0.318. The van der Waals surface area contributed by atoms with Crippen LogP contribution >= 0.6 is 0 Å². The van der Waals surface area contributed by atoms with E-state index >= 15 is 0 Å². The number of hydrogen-bond donors (Lipinski definition) is 0. The van der Waals surface area contributed by atoms with E-state index in [1.165, 1.54) is 0 Å². The van der Waals surface area contributed by atoms with Crippen LogP contribution in [0.3, 0.4) is 0 Å². The third-order valence-electron chi connectivity index (χ3n) is 5.83. The molecule has 148 valence electrons. The summed E-state index contributed by atoms with van der Waals surface area (Å²) < 4.78 is 2.04. The van der Waals surface area contributed by atoms with Crippen molar-refractivity contribution in [3.8, 4) is 5.69 Å². The molecular formula is C22H24N6O. The lowest BCUT2D eigenvalue weighted by Crippen LogP contribution is -2.64. The molecule has 5 rings (SSSR count). The molecule has 2 saturated heterocycles. The molecule has 0 atom stereocenters. The molecule has 0 saturated carbocycles. The Labute approximate surface area is 170 Å². The molecule has 0 radical (unpaired) electrons. The van der Waals surface area contributed by atoms with E-state index < -0.39 is 0 Å². The molecule has 7 heteroatoms. The van der Waals surface area contributed by atoms with E-state index in [9.17, 15) is 4.79 Å². The molecule has 0 spiro atoms. The van der Waals surface area contributed by atoms with Crippen molar-refractivity contribution in [3.63, 3.8) is 0 Å². The predicted octanol–water partition coefficient (Wildman–Crippen LogP) is 1.91. The van der Waals surface area contributed by atoms with E-state index in [2.05, 4.69) is 19.8 Å². The predicted molar refractivity (Wildman–Crippen MR) is 111 cm³/mol. The van der Waals surface area contributed by atoms with Crippen molar-refractivity contribution in [3.05, 3.63) is 72.8 Å². The number of likely N-dealkylation sites (tertiary alicyclic amines) is 1. The monoisotopic (exact) mass is 388 g/mol. The van der Waals surface area contributed by atoms with Gasteiger partial charge in [0.1, 0.15) is 0 Å². The van der Waals surface area contributed by atoms with E-state index in [0.717, 1.165) is 56.5 Å². The molecular weight excluding hydrogens is 364 g/mol. The van der Waals surface area contributed by atoms with Crippen LogP contribution in [0.5, 0.6) is 0 Å². The lowest BCUT2D eigenvalue weighted by Gasteiger charge is -2.48. The Kier molecular flexibility index (Phi) is 4.73. The number of carbonyl (C=O) groups is 1. The van der Waals surface area contributed by atoms with Gasteiger partial charge in [-0.05, 0) is 42.5 Å². The molecule has 0 aliphatic carbocycles. The summed E-state index contributed by atoms with van der Waals surface area (Å²) in [5, 5.41) is 0. The fourth-order valence-corrected chi connectivity index (χ4v) is 4.06. The van der Waals surface area contributed by atoms with Gasteiger partial charge in [-0.3, -0.25) is 9.69 Å². The van der Waals surface area contributed by atoms with E-state index in [4.69, 9.17) is 0 Å². The second-order valence-corrected chi connectivity index (χ2v) is 7.57. The highest BCUT2D eigenvalue weighted by atomic mass is 16.2. The molecule has 1 amide bonds. The molecule has 2 aromatic heterocycles. The van der Waals surface area contributed by atoms with Gasteiger partial charge < -0.3 is 14.4 Å². The Hall–Kier alpha value is -3.19. The highest BCUT2D eigenvalue weighted by molar-refractivity contribution is 5.95. The zero-order chi connectivity index (χ0) is 19.6. The van der Waals surface area contributed by atoms with Crippen LogP contribution in [0.25, 0.3) is 5.69 Å². The minimum Gasteiger partial charge on any atom is -0.338 e. The zero-order valence-corrected chi connectivity index (χ0v) is 16.3. The van der Waals surface area contributed by atoms with Crippen LogP contribution < -0.4 is 4.90 Å². The quantitative estimate of drug-likeness (QED) is 0.683. The smallest absolute Gasteiger partial charge is 0.253 e. The van der Waals surface area contributed by atoms with Gasteiger partial charge in [0.25, 0.3) is 5.91 Å². The number of piperazine rings is 1. The van der Waals surface area contributed by atoms with Crippen LogP contribution in [0.2, 0.25) is 0 Å². The number of amides is 1. The summed E-state index contributed by atoms with van der Waals surface area (Å²) in [6, 6.07) is 14.1. The van der Waals surface area contributed by atoms with Crippen LogP contribution in [-0.2, 0) is 0 Å². The molecule has 1 aromatic carbocycles. The lowest BCUT2D eigenvalue weighted by atomic mass is 10.0. The number of benzene rings is 1. The maximum atomic E-state index is 12.8. The second kappa shape index (κ2) is 7.67. The average Bonchev–Trinajstić information content (AvgIpc) is 3.29. The van der Waals surface area contributed by atoms with Gasteiger partial charge in [0, 0.05) is 81.3 Å². The third-order valence-corrected chi connectivity index (χ3v) is 5.83. The normalized spacial score (nSPS) is 17.9. The minimum absolute atomic E-state index is 0.122. The van der Waals surface area contributed by atoms with Gasteiger partial charge in [0.2, 0.25) is 5.95 Å². The van der Waals surface area contributed by atoms with Crippen molar-refractivity contribution in [1.29, 1.82) is 0 Å². The second-order valence-electron chi connectivity index (χ2n) is 7.57. The molecule has 2 aliphatic heterocycles. The van der Waals surface area contributed by atoms with E-state index in [1.54, 1.807) is 12.4 Å². The summed E-state index contributed by atoms with van der Waals surface area (Å²) in [6.07, 6.45) is 7.57. The average molecular weight is 388 g/mol. The molecule has 0 bridgehead atoms. The number of rotatable bonds is 4. The highest BCUT2D eigenvalue weighted by Crippen LogP contribution is 2.21. The Bertz CT molecular complexity index is 943. The van der Waals surface area contributed by atoms with E-state index in [1.807, 2.05) is 64.3 Å². The van der Waals surface area contributed by atoms with Crippen LogP contribution in [-0.4, -0.2) is 75.6 Å². The lowest BCUT2D eigenvalue weighted by molar-refractivity contribution is 0.0246. The van der Waals surface area contributed by atoms with Gasteiger partial charge >= 0.3 is 0 Å². The maximum absolute atomic E-state index is 12.8. The van der Waals surface area contributed by atoms with Crippen molar-refractivity contribution in [2.75, 3.05) is 44.2 Å². The molecule has 4 heterocycles. The first kappa shape index (κ1) is 17.9. The molecule has 0 N–H and O–H groups in total. The summed E-state index contributed by atoms with van der Waals surface area (Å²) >= 11 is 0. The number of nitrogens with zero attached hydrogens (tertiary/aromatic N) is 6. The first-order valence-corrected chi connectivity index (χ1v) is 10.1. The largest absolute Gasteiger partial charge is 0.338 e. The molecule has 0 unspecified atom stereocenters. The first-order chi connectivity index (χ1) is 14.3. The van der Waals surface area contributed by atoms with Crippen LogP contribution in [0.4, 0.5) is 5.95 Å². The molecule has 2 aliphatic rings.